The largest absolute Gasteiger partial charge is 0.416 e. The van der Waals surface area contributed by atoms with Gasteiger partial charge in [-0.05, 0) is 18.2 Å². The molecule has 1 heterocycles. The summed E-state index contributed by atoms with van der Waals surface area (Å²) < 4.78 is 38.7. The fourth-order valence-corrected chi connectivity index (χ4v) is 2.82. The lowest BCUT2D eigenvalue weighted by molar-refractivity contribution is -0.137. The molecule has 0 saturated carbocycles. The van der Waals surface area contributed by atoms with E-state index in [0.29, 0.717) is 21.2 Å². The van der Waals surface area contributed by atoms with Crippen LogP contribution in [0.5, 0.6) is 0 Å². The third kappa shape index (κ3) is 4.09. The minimum Gasteiger partial charge on any atom is -0.380 e. The molecule has 19 heavy (non-hydrogen) atoms. The highest BCUT2D eigenvalue weighted by Gasteiger charge is 2.31. The highest BCUT2D eigenvalue weighted by atomic mass is 79.9. The van der Waals surface area contributed by atoms with Gasteiger partial charge in [0.2, 0.25) is 0 Å². The van der Waals surface area contributed by atoms with Crippen LogP contribution >= 0.6 is 38.9 Å². The zero-order valence-electron chi connectivity index (χ0n) is 9.26. The molecule has 0 spiro atoms. The fourth-order valence-electron chi connectivity index (χ4n) is 1.41. The maximum Gasteiger partial charge on any atom is 0.416 e. The molecule has 1 N–H and O–H groups in total. The van der Waals surface area contributed by atoms with Crippen molar-refractivity contribution in [2.75, 3.05) is 5.32 Å². The molecule has 1 aromatic carbocycles. The zero-order valence-corrected chi connectivity index (χ0v) is 12.4. The molecule has 2 nitrogen and oxygen atoms in total. The second-order valence-corrected chi connectivity index (χ2v) is 6.27. The van der Waals surface area contributed by atoms with E-state index in [1.807, 2.05) is 0 Å². The number of benzene rings is 1. The van der Waals surface area contributed by atoms with E-state index >= 15 is 0 Å². The number of nitrogens with zero attached hydrogens (tertiary/aromatic N) is 1. The van der Waals surface area contributed by atoms with E-state index in [2.05, 4.69) is 26.2 Å². The van der Waals surface area contributed by atoms with Crippen molar-refractivity contribution in [2.24, 2.45) is 0 Å². The Hall–Kier alpha value is -0.790. The lowest BCUT2D eigenvalue weighted by Gasteiger charge is -2.11. The minimum absolute atomic E-state index is 0.368. The Morgan fingerprint density at radius 3 is 2.63 bits per heavy atom. The topological polar surface area (TPSA) is 24.9 Å². The summed E-state index contributed by atoms with van der Waals surface area (Å²) in [5.41, 5.74) is -0.321. The molecule has 1 aromatic heterocycles. The van der Waals surface area contributed by atoms with E-state index in [1.165, 1.54) is 11.3 Å². The van der Waals surface area contributed by atoms with Crippen molar-refractivity contribution in [3.8, 4) is 0 Å². The number of alkyl halides is 3. The Bertz CT molecular complexity index is 586. The Kier molecular flexibility index (Phi) is 4.37. The number of aromatic nitrogens is 1. The van der Waals surface area contributed by atoms with Gasteiger partial charge in [-0.3, -0.25) is 0 Å². The monoisotopic (exact) mass is 370 g/mol. The Balaban J connectivity index is 2.14. The number of thiazole rings is 1. The molecule has 0 atom stereocenters. The first-order chi connectivity index (χ1) is 8.84. The lowest BCUT2D eigenvalue weighted by Crippen LogP contribution is -2.06. The quantitative estimate of drug-likeness (QED) is 0.803. The van der Waals surface area contributed by atoms with Crippen LogP contribution in [-0.2, 0) is 12.7 Å². The summed E-state index contributed by atoms with van der Waals surface area (Å²) >= 11 is 10.0. The number of rotatable bonds is 3. The molecule has 0 bridgehead atoms. The Labute approximate surface area is 124 Å². The molecule has 8 heteroatoms. The summed E-state index contributed by atoms with van der Waals surface area (Å²) in [4.78, 5) is 4.70. The van der Waals surface area contributed by atoms with Gasteiger partial charge in [-0.2, -0.15) is 13.2 Å². The van der Waals surface area contributed by atoms with E-state index in [1.54, 1.807) is 12.3 Å². The second-order valence-electron chi connectivity index (χ2n) is 3.66. The van der Waals surface area contributed by atoms with Crippen LogP contribution < -0.4 is 5.32 Å². The van der Waals surface area contributed by atoms with Gasteiger partial charge in [-0.15, -0.1) is 11.3 Å². The number of hydrogen-bond donors (Lipinski definition) is 1. The van der Waals surface area contributed by atoms with Gasteiger partial charge in [-0.1, -0.05) is 27.5 Å². The van der Waals surface area contributed by atoms with Crippen molar-refractivity contribution in [1.29, 1.82) is 0 Å². The summed E-state index contributed by atoms with van der Waals surface area (Å²) in [7, 11) is 0. The van der Waals surface area contributed by atoms with Crippen LogP contribution in [0.25, 0.3) is 0 Å². The minimum atomic E-state index is -4.37. The molecule has 0 unspecified atom stereocenters. The van der Waals surface area contributed by atoms with Crippen LogP contribution in [0.15, 0.2) is 28.9 Å². The molecule has 0 saturated heterocycles. The SMILES string of the molecule is FC(F)(F)c1cc(Br)cc(NCc2cnc(Cl)s2)c1. The smallest absolute Gasteiger partial charge is 0.380 e. The molecule has 102 valence electrons. The Morgan fingerprint density at radius 1 is 1.32 bits per heavy atom. The lowest BCUT2D eigenvalue weighted by atomic mass is 10.2. The van der Waals surface area contributed by atoms with Gasteiger partial charge >= 0.3 is 6.18 Å². The third-order valence-corrected chi connectivity index (χ3v) is 3.79. The summed E-state index contributed by atoms with van der Waals surface area (Å²) in [5, 5.41) is 2.91. The number of halogens is 5. The van der Waals surface area contributed by atoms with Crippen LogP contribution in [0.3, 0.4) is 0 Å². The van der Waals surface area contributed by atoms with Gasteiger partial charge in [-0.25, -0.2) is 4.98 Å². The average molecular weight is 372 g/mol. The predicted octanol–water partition coefficient (Wildman–Crippen LogP) is 5.19. The molecule has 2 aromatic rings. The maximum absolute atomic E-state index is 12.6. The van der Waals surface area contributed by atoms with Crippen LogP contribution in [0.1, 0.15) is 10.4 Å². The van der Waals surface area contributed by atoms with Gasteiger partial charge in [0.1, 0.15) is 0 Å². The number of anilines is 1. The summed E-state index contributed by atoms with van der Waals surface area (Å²) in [5.74, 6) is 0. The van der Waals surface area contributed by atoms with Crippen molar-refractivity contribution in [3.63, 3.8) is 0 Å². The van der Waals surface area contributed by atoms with Gasteiger partial charge in [0.15, 0.2) is 4.47 Å². The van der Waals surface area contributed by atoms with Gasteiger partial charge < -0.3 is 5.32 Å². The van der Waals surface area contributed by atoms with Crippen LogP contribution in [0.2, 0.25) is 4.47 Å². The highest BCUT2D eigenvalue weighted by molar-refractivity contribution is 9.10. The summed E-state index contributed by atoms with van der Waals surface area (Å²) in [6, 6.07) is 3.68. The first-order valence-corrected chi connectivity index (χ1v) is 7.05. The number of hydrogen-bond acceptors (Lipinski definition) is 3. The second kappa shape index (κ2) is 5.68. The fraction of sp³-hybridized carbons (Fsp3) is 0.182. The van der Waals surface area contributed by atoms with Crippen LogP contribution in [-0.4, -0.2) is 4.98 Å². The zero-order chi connectivity index (χ0) is 14.0. The van der Waals surface area contributed by atoms with Crippen LogP contribution in [0.4, 0.5) is 18.9 Å². The first-order valence-electron chi connectivity index (χ1n) is 5.06. The first kappa shape index (κ1) is 14.6. The molecular weight excluding hydrogens is 365 g/mol. The van der Waals surface area contributed by atoms with Gasteiger partial charge in [0.05, 0.1) is 12.1 Å². The molecule has 2 rings (SSSR count). The average Bonchev–Trinajstić information content (AvgIpc) is 2.71. The van der Waals surface area contributed by atoms with Crippen molar-refractivity contribution in [3.05, 3.63) is 43.8 Å². The number of nitrogens with one attached hydrogen (secondary N) is 1. The van der Waals surface area contributed by atoms with E-state index < -0.39 is 11.7 Å². The van der Waals surface area contributed by atoms with Gasteiger partial charge in [0.25, 0.3) is 0 Å². The summed E-state index contributed by atoms with van der Waals surface area (Å²) in [6.07, 6.45) is -2.78. The van der Waals surface area contributed by atoms with Crippen molar-refractivity contribution in [1.82, 2.24) is 4.98 Å². The molecule has 0 aliphatic heterocycles. The normalized spacial score (nSPS) is 11.6. The van der Waals surface area contributed by atoms with Crippen LogP contribution in [0, 0.1) is 0 Å². The molecular formula is C11H7BrClF3N2S. The molecule has 0 radical (unpaired) electrons. The van der Waals surface area contributed by atoms with E-state index in [-0.39, 0.29) is 0 Å². The van der Waals surface area contributed by atoms with E-state index in [4.69, 9.17) is 11.6 Å². The van der Waals surface area contributed by atoms with E-state index in [0.717, 1.165) is 17.0 Å². The van der Waals surface area contributed by atoms with Gasteiger partial charge in [0, 0.05) is 21.2 Å². The van der Waals surface area contributed by atoms with E-state index in [9.17, 15) is 13.2 Å². The molecule has 0 aliphatic carbocycles. The third-order valence-electron chi connectivity index (χ3n) is 2.22. The summed E-state index contributed by atoms with van der Waals surface area (Å²) in [6.45, 7) is 0.373. The standard InChI is InChI=1S/C11H7BrClF3N2S/c12-7-1-6(11(14,15)16)2-8(3-7)17-4-9-5-18-10(13)19-9/h1-3,5,17H,4H2. The van der Waals surface area contributed by atoms with Crippen molar-refractivity contribution in [2.45, 2.75) is 12.7 Å². The van der Waals surface area contributed by atoms with Crippen molar-refractivity contribution < 1.29 is 13.2 Å². The molecule has 0 amide bonds. The Morgan fingerprint density at radius 2 is 2.05 bits per heavy atom. The maximum atomic E-state index is 12.6. The molecule has 0 fully saturated rings. The highest BCUT2D eigenvalue weighted by Crippen LogP contribution is 2.33. The van der Waals surface area contributed by atoms with Crippen molar-refractivity contribution >= 4 is 44.6 Å². The molecule has 0 aliphatic rings. The predicted molar refractivity (Wildman–Crippen MR) is 73.6 cm³/mol.